The lowest BCUT2D eigenvalue weighted by molar-refractivity contribution is -0.194. The summed E-state index contributed by atoms with van der Waals surface area (Å²) in [5.41, 5.74) is -0.190. The van der Waals surface area contributed by atoms with Crippen molar-refractivity contribution in [3.05, 3.63) is 35.9 Å². The largest absolute Gasteiger partial charge is 0.467 e. The van der Waals surface area contributed by atoms with Gasteiger partial charge in [-0.2, -0.15) is 13.2 Å². The van der Waals surface area contributed by atoms with E-state index in [1.54, 1.807) is 6.07 Å². The van der Waals surface area contributed by atoms with Crippen LogP contribution in [0.25, 0.3) is 0 Å². The van der Waals surface area contributed by atoms with Crippen LogP contribution in [0.4, 0.5) is 13.2 Å². The monoisotopic (exact) mass is 397 g/mol. The number of amides is 1. The Morgan fingerprint density at radius 3 is 1.96 bits per heavy atom. The summed E-state index contributed by atoms with van der Waals surface area (Å²) in [5, 5.41) is -2.52. The Morgan fingerprint density at radius 1 is 1.08 bits per heavy atom. The molecule has 0 aromatic heterocycles. The van der Waals surface area contributed by atoms with Crippen molar-refractivity contribution in [2.45, 2.75) is 25.3 Å². The Labute approximate surface area is 148 Å². The molecule has 0 bridgehead atoms. The lowest BCUT2D eigenvalue weighted by atomic mass is 10.2. The summed E-state index contributed by atoms with van der Waals surface area (Å²) in [7, 11) is -4.59. The predicted octanol–water partition coefficient (Wildman–Crippen LogP) is 3.11. The van der Waals surface area contributed by atoms with Gasteiger partial charge in [-0.25, -0.2) is 4.79 Å². The first-order valence-electron chi connectivity index (χ1n) is 7.51. The number of ether oxygens (including phenoxy) is 1. The van der Waals surface area contributed by atoms with Crippen molar-refractivity contribution in [2.75, 3.05) is 20.3 Å². The van der Waals surface area contributed by atoms with Crippen molar-refractivity contribution in [3.8, 4) is 0 Å². The number of alkyl halides is 3. The highest BCUT2D eigenvalue weighted by Crippen LogP contribution is 2.64. The normalized spacial score (nSPS) is 14.4. The van der Waals surface area contributed by atoms with Crippen molar-refractivity contribution < 1.29 is 41.1 Å². The molecular weight excluding hydrogens is 378 g/mol. The first kappa shape index (κ1) is 22.1. The van der Waals surface area contributed by atoms with E-state index in [-0.39, 0.29) is 5.56 Å². The smallest absolute Gasteiger partial charge is 0.434 e. The summed E-state index contributed by atoms with van der Waals surface area (Å²) in [6.07, 6.45) is -5.54. The van der Waals surface area contributed by atoms with E-state index in [4.69, 9.17) is 9.05 Å². The Hall–Kier alpha value is -1.90. The number of hydrogen-bond donors (Lipinski definition) is 1. The van der Waals surface area contributed by atoms with Crippen LogP contribution < -0.4 is 5.32 Å². The third-order valence-electron chi connectivity index (χ3n) is 3.23. The van der Waals surface area contributed by atoms with Gasteiger partial charge in [-0.15, -0.1) is 0 Å². The van der Waals surface area contributed by atoms with Crippen LogP contribution in [0.2, 0.25) is 0 Å². The fourth-order valence-corrected chi connectivity index (χ4v) is 4.12. The van der Waals surface area contributed by atoms with Gasteiger partial charge in [0.05, 0.1) is 20.3 Å². The Kier molecular flexibility index (Phi) is 7.37. The minimum Gasteiger partial charge on any atom is -0.467 e. The molecule has 0 saturated heterocycles. The van der Waals surface area contributed by atoms with Crippen molar-refractivity contribution in [2.24, 2.45) is 0 Å². The number of carbonyl (C=O) groups is 2. The number of carbonyl (C=O) groups excluding carboxylic acids is 2. The zero-order valence-corrected chi connectivity index (χ0v) is 15.2. The van der Waals surface area contributed by atoms with Crippen molar-refractivity contribution in [1.82, 2.24) is 5.32 Å². The fraction of sp³-hybridized carbons (Fsp3) is 0.467. The van der Waals surface area contributed by atoms with Crippen LogP contribution in [0.3, 0.4) is 0 Å². The lowest BCUT2D eigenvalue weighted by Gasteiger charge is -2.37. The Balaban J connectivity index is 3.61. The summed E-state index contributed by atoms with van der Waals surface area (Å²) in [4.78, 5) is 24.5. The molecule has 0 radical (unpaired) electrons. The van der Waals surface area contributed by atoms with Gasteiger partial charge in [-0.1, -0.05) is 18.2 Å². The molecule has 0 heterocycles. The standard InChI is InChI=1S/C15H19F3NO6P/c1-4-24-26(22,25-5-2)14(13(21)23-3,15(16,17)18)19-12(20)11-9-7-6-8-10-11/h6-10H,4-5H2,1-3H3,(H,19,20)/t14-/m0/s1. The van der Waals surface area contributed by atoms with E-state index in [9.17, 15) is 27.3 Å². The average molecular weight is 397 g/mol. The van der Waals surface area contributed by atoms with Gasteiger partial charge in [0.25, 0.3) is 5.91 Å². The predicted molar refractivity (Wildman–Crippen MR) is 85.6 cm³/mol. The molecule has 146 valence electrons. The molecule has 0 aliphatic rings. The number of halogens is 3. The third kappa shape index (κ3) is 4.08. The van der Waals surface area contributed by atoms with E-state index in [2.05, 4.69) is 4.74 Å². The second-order valence-corrected chi connectivity index (χ2v) is 7.04. The van der Waals surface area contributed by atoms with Crippen LogP contribution in [0.1, 0.15) is 24.2 Å². The number of benzene rings is 1. The molecule has 0 aliphatic carbocycles. The molecule has 1 amide bonds. The van der Waals surface area contributed by atoms with Gasteiger partial charge in [-0.05, 0) is 26.0 Å². The van der Waals surface area contributed by atoms with Crippen molar-refractivity contribution in [1.29, 1.82) is 0 Å². The van der Waals surface area contributed by atoms with Crippen LogP contribution in [-0.4, -0.2) is 43.7 Å². The van der Waals surface area contributed by atoms with Crippen LogP contribution >= 0.6 is 7.60 Å². The highest BCUT2D eigenvalue weighted by molar-refractivity contribution is 7.57. The van der Waals surface area contributed by atoms with Crippen LogP contribution in [0.5, 0.6) is 0 Å². The molecule has 7 nitrogen and oxygen atoms in total. The highest BCUT2D eigenvalue weighted by atomic mass is 31.2. The molecule has 0 saturated carbocycles. The first-order valence-corrected chi connectivity index (χ1v) is 9.05. The van der Waals surface area contributed by atoms with Gasteiger partial charge in [0.1, 0.15) is 0 Å². The topological polar surface area (TPSA) is 90.9 Å². The first-order chi connectivity index (χ1) is 12.1. The maximum atomic E-state index is 14.0. The molecule has 1 rings (SSSR count). The zero-order chi connectivity index (χ0) is 20.0. The molecule has 1 N–H and O–H groups in total. The second-order valence-electron chi connectivity index (χ2n) is 4.85. The van der Waals surface area contributed by atoms with Crippen molar-refractivity contribution in [3.63, 3.8) is 0 Å². The Morgan fingerprint density at radius 2 is 1.58 bits per heavy atom. The molecule has 0 unspecified atom stereocenters. The summed E-state index contributed by atoms with van der Waals surface area (Å²) in [6, 6.07) is 6.80. The van der Waals surface area contributed by atoms with Gasteiger partial charge < -0.3 is 19.1 Å². The SMILES string of the molecule is CCOP(=O)(OCC)[C@@](NC(=O)c1ccccc1)(C(=O)OC)C(F)(F)F. The maximum absolute atomic E-state index is 14.0. The minimum atomic E-state index is -5.54. The second kappa shape index (κ2) is 8.66. The summed E-state index contributed by atoms with van der Waals surface area (Å²) in [5.74, 6) is -3.31. The summed E-state index contributed by atoms with van der Waals surface area (Å²) >= 11 is 0. The zero-order valence-electron chi connectivity index (χ0n) is 14.3. The van der Waals surface area contributed by atoms with Gasteiger partial charge in [-0.3, -0.25) is 9.36 Å². The van der Waals surface area contributed by atoms with Crippen molar-refractivity contribution >= 4 is 19.5 Å². The molecule has 0 fully saturated rings. The molecule has 26 heavy (non-hydrogen) atoms. The van der Waals surface area contributed by atoms with E-state index in [0.717, 1.165) is 0 Å². The van der Waals surface area contributed by atoms with E-state index >= 15 is 0 Å². The highest BCUT2D eigenvalue weighted by Gasteiger charge is 2.75. The average Bonchev–Trinajstić information content (AvgIpc) is 2.58. The molecular formula is C15H19F3NO6P. The molecule has 0 aliphatic heterocycles. The Bertz CT molecular complexity index is 672. The van der Waals surface area contributed by atoms with E-state index < -0.39 is 44.1 Å². The van der Waals surface area contributed by atoms with E-state index in [0.29, 0.717) is 7.11 Å². The molecule has 1 aromatic carbocycles. The van der Waals surface area contributed by atoms with E-state index in [1.807, 2.05) is 0 Å². The van der Waals surface area contributed by atoms with Crippen LogP contribution in [0.15, 0.2) is 30.3 Å². The third-order valence-corrected chi connectivity index (χ3v) is 5.80. The quantitative estimate of drug-likeness (QED) is 0.536. The number of nitrogens with one attached hydrogen (secondary N) is 1. The molecule has 1 atom stereocenters. The van der Waals surface area contributed by atoms with Crippen LogP contribution in [0, 0.1) is 0 Å². The lowest BCUT2D eigenvalue weighted by Crippen LogP contribution is -2.64. The number of rotatable bonds is 8. The fourth-order valence-electron chi connectivity index (χ4n) is 2.12. The van der Waals surface area contributed by atoms with Gasteiger partial charge in [0, 0.05) is 5.56 Å². The molecule has 0 spiro atoms. The summed E-state index contributed by atoms with van der Waals surface area (Å²) in [6.45, 7) is 1.60. The number of methoxy groups -OCH3 is 1. The number of hydrogen-bond acceptors (Lipinski definition) is 6. The molecule has 1 aromatic rings. The van der Waals surface area contributed by atoms with Gasteiger partial charge >= 0.3 is 25.0 Å². The molecule has 11 heteroatoms. The number of esters is 1. The van der Waals surface area contributed by atoms with Gasteiger partial charge in [0.15, 0.2) is 0 Å². The van der Waals surface area contributed by atoms with Crippen LogP contribution in [-0.2, 0) is 23.1 Å². The summed E-state index contributed by atoms with van der Waals surface area (Å²) < 4.78 is 68.6. The maximum Gasteiger partial charge on any atom is 0.434 e. The van der Waals surface area contributed by atoms with E-state index in [1.165, 1.54) is 43.4 Å². The minimum absolute atomic E-state index is 0.190. The van der Waals surface area contributed by atoms with Gasteiger partial charge in [0.2, 0.25) is 0 Å².